The summed E-state index contributed by atoms with van der Waals surface area (Å²) in [6.45, 7) is 1.75. The summed E-state index contributed by atoms with van der Waals surface area (Å²) in [7, 11) is 0. The second kappa shape index (κ2) is 6.06. The molecule has 2 N–H and O–H groups in total. The van der Waals surface area contributed by atoms with Crippen LogP contribution in [0.4, 0.5) is 0 Å². The van der Waals surface area contributed by atoms with Gasteiger partial charge in [-0.2, -0.15) is 0 Å². The summed E-state index contributed by atoms with van der Waals surface area (Å²) in [6, 6.07) is 7.52. The monoisotopic (exact) mass is 335 g/mol. The van der Waals surface area contributed by atoms with Gasteiger partial charge in [-0.25, -0.2) is 4.98 Å². The Kier molecular flexibility index (Phi) is 4.13. The number of thiazole rings is 1. The Bertz CT molecular complexity index is 731. The van der Waals surface area contributed by atoms with Crippen LogP contribution >= 0.6 is 22.9 Å². The molecule has 2 aromatic rings. The molecule has 3 rings (SSSR count). The van der Waals surface area contributed by atoms with E-state index in [0.29, 0.717) is 15.6 Å². The van der Waals surface area contributed by atoms with E-state index < -0.39 is 0 Å². The van der Waals surface area contributed by atoms with Crippen LogP contribution in [-0.4, -0.2) is 16.8 Å². The topological polar surface area (TPSA) is 71.1 Å². The van der Waals surface area contributed by atoms with E-state index in [2.05, 4.69) is 15.8 Å². The van der Waals surface area contributed by atoms with E-state index in [1.54, 1.807) is 12.4 Å². The van der Waals surface area contributed by atoms with Gasteiger partial charge in [0.25, 0.3) is 5.91 Å². The lowest BCUT2D eigenvalue weighted by Crippen LogP contribution is -2.42. The van der Waals surface area contributed by atoms with Crippen molar-refractivity contribution in [3.8, 4) is 0 Å². The molecule has 5 nitrogen and oxygen atoms in total. The van der Waals surface area contributed by atoms with Gasteiger partial charge in [0.05, 0.1) is 11.2 Å². The third-order valence-electron chi connectivity index (χ3n) is 3.68. The molecule has 1 aromatic heterocycles. The van der Waals surface area contributed by atoms with E-state index >= 15 is 0 Å². The van der Waals surface area contributed by atoms with Crippen molar-refractivity contribution < 1.29 is 9.59 Å². The molecule has 1 heterocycles. The summed E-state index contributed by atoms with van der Waals surface area (Å²) in [5.41, 5.74) is 8.14. The molecule has 2 atom stereocenters. The van der Waals surface area contributed by atoms with Crippen LogP contribution < -0.4 is 10.9 Å². The number of carbonyl (C=O) groups excluding carboxylic acids is 2. The SMILES string of the molecule is Cc1ncsc1C(=O)NNC(=O)[C@H]1C[C@H]1c1ccccc1Cl. The molecule has 22 heavy (non-hydrogen) atoms. The Morgan fingerprint density at radius 3 is 2.77 bits per heavy atom. The number of hydrazine groups is 1. The smallest absolute Gasteiger partial charge is 0.273 e. The van der Waals surface area contributed by atoms with Crippen LogP contribution in [0.3, 0.4) is 0 Å². The zero-order valence-electron chi connectivity index (χ0n) is 11.8. The highest BCUT2D eigenvalue weighted by molar-refractivity contribution is 7.11. The van der Waals surface area contributed by atoms with Gasteiger partial charge in [0, 0.05) is 10.9 Å². The molecular weight excluding hydrogens is 322 g/mol. The van der Waals surface area contributed by atoms with Gasteiger partial charge >= 0.3 is 0 Å². The number of halogens is 1. The minimum atomic E-state index is -0.344. The van der Waals surface area contributed by atoms with Gasteiger partial charge in [0.1, 0.15) is 4.88 Å². The molecule has 1 fully saturated rings. The number of hydrogen-bond donors (Lipinski definition) is 2. The maximum Gasteiger partial charge on any atom is 0.281 e. The van der Waals surface area contributed by atoms with Crippen LogP contribution in [-0.2, 0) is 4.79 Å². The number of aromatic nitrogens is 1. The largest absolute Gasteiger partial charge is 0.281 e. The first-order chi connectivity index (χ1) is 10.6. The van der Waals surface area contributed by atoms with Gasteiger partial charge in [0.15, 0.2) is 0 Å². The first-order valence-electron chi connectivity index (χ1n) is 6.82. The summed E-state index contributed by atoms with van der Waals surface area (Å²) in [6.07, 6.45) is 0.741. The number of carbonyl (C=O) groups is 2. The van der Waals surface area contributed by atoms with Crippen LogP contribution in [0.5, 0.6) is 0 Å². The number of aryl methyl sites for hydroxylation is 1. The molecule has 1 aromatic carbocycles. The van der Waals surface area contributed by atoms with Gasteiger partial charge in [-0.1, -0.05) is 29.8 Å². The minimum absolute atomic E-state index is 0.121. The molecule has 0 spiro atoms. The van der Waals surface area contributed by atoms with Crippen molar-refractivity contribution in [2.24, 2.45) is 5.92 Å². The third kappa shape index (κ3) is 2.98. The van der Waals surface area contributed by atoms with E-state index in [-0.39, 0.29) is 23.7 Å². The van der Waals surface area contributed by atoms with Crippen LogP contribution in [0, 0.1) is 12.8 Å². The maximum atomic E-state index is 12.1. The molecule has 0 saturated heterocycles. The molecule has 114 valence electrons. The fraction of sp³-hybridized carbons (Fsp3) is 0.267. The van der Waals surface area contributed by atoms with E-state index in [4.69, 9.17) is 11.6 Å². The van der Waals surface area contributed by atoms with Crippen molar-refractivity contribution in [1.29, 1.82) is 0 Å². The van der Waals surface area contributed by atoms with E-state index in [0.717, 1.165) is 12.0 Å². The summed E-state index contributed by atoms with van der Waals surface area (Å²) >= 11 is 7.38. The Hall–Kier alpha value is -1.92. The predicted molar refractivity (Wildman–Crippen MR) is 84.8 cm³/mol. The second-order valence-corrected chi connectivity index (χ2v) is 6.44. The first-order valence-corrected chi connectivity index (χ1v) is 8.08. The standard InChI is InChI=1S/C15H14ClN3O2S/c1-8-13(22-7-17-8)15(21)19-18-14(20)11-6-10(11)9-4-2-3-5-12(9)16/h2-5,7,10-11H,6H2,1H3,(H,18,20)(H,19,21)/t10-,11-/m0/s1. The lowest BCUT2D eigenvalue weighted by Gasteiger charge is -2.07. The molecule has 0 radical (unpaired) electrons. The Labute approximate surface area is 136 Å². The average Bonchev–Trinajstić information content (AvgIpc) is 3.19. The molecule has 0 bridgehead atoms. The molecule has 1 aliphatic carbocycles. The summed E-state index contributed by atoms with van der Waals surface area (Å²) in [5.74, 6) is -0.567. The Morgan fingerprint density at radius 1 is 1.32 bits per heavy atom. The van der Waals surface area contributed by atoms with Crippen molar-refractivity contribution in [2.75, 3.05) is 0 Å². The minimum Gasteiger partial charge on any atom is -0.273 e. The Balaban J connectivity index is 1.55. The number of benzene rings is 1. The van der Waals surface area contributed by atoms with Crippen LogP contribution in [0.2, 0.25) is 5.02 Å². The quantitative estimate of drug-likeness (QED) is 0.847. The molecule has 7 heteroatoms. The highest BCUT2D eigenvalue weighted by atomic mass is 35.5. The third-order valence-corrected chi connectivity index (χ3v) is 4.95. The summed E-state index contributed by atoms with van der Waals surface area (Å²) in [5, 5.41) is 0.673. The number of hydrogen-bond acceptors (Lipinski definition) is 4. The number of amides is 2. The maximum absolute atomic E-state index is 12.1. The molecule has 1 aliphatic rings. The summed E-state index contributed by atoms with van der Waals surface area (Å²) in [4.78, 5) is 28.5. The summed E-state index contributed by atoms with van der Waals surface area (Å²) < 4.78 is 0. The normalized spacial score (nSPS) is 19.5. The number of nitrogens with one attached hydrogen (secondary N) is 2. The molecule has 0 unspecified atom stereocenters. The molecule has 0 aliphatic heterocycles. The highest BCUT2D eigenvalue weighted by Gasteiger charge is 2.44. The van der Waals surface area contributed by atoms with Gasteiger partial charge < -0.3 is 0 Å². The van der Waals surface area contributed by atoms with Crippen molar-refractivity contribution in [3.05, 3.63) is 50.9 Å². The zero-order valence-corrected chi connectivity index (χ0v) is 13.4. The highest BCUT2D eigenvalue weighted by Crippen LogP contribution is 2.49. The first kappa shape index (κ1) is 15.0. The van der Waals surface area contributed by atoms with Crippen LogP contribution in [0.25, 0.3) is 0 Å². The van der Waals surface area contributed by atoms with Crippen LogP contribution in [0.1, 0.15) is 33.3 Å². The van der Waals surface area contributed by atoms with E-state index in [1.807, 2.05) is 24.3 Å². The second-order valence-electron chi connectivity index (χ2n) is 5.18. The lowest BCUT2D eigenvalue weighted by atomic mass is 10.1. The van der Waals surface area contributed by atoms with E-state index in [9.17, 15) is 9.59 Å². The number of rotatable bonds is 3. The fourth-order valence-electron chi connectivity index (χ4n) is 2.39. The Morgan fingerprint density at radius 2 is 2.09 bits per heavy atom. The van der Waals surface area contributed by atoms with Gasteiger partial charge in [0.2, 0.25) is 5.91 Å². The molecular formula is C15H14ClN3O2S. The van der Waals surface area contributed by atoms with Gasteiger partial charge in [-0.15, -0.1) is 11.3 Å². The zero-order chi connectivity index (χ0) is 15.7. The van der Waals surface area contributed by atoms with Gasteiger partial charge in [-0.3, -0.25) is 20.4 Å². The van der Waals surface area contributed by atoms with Gasteiger partial charge in [-0.05, 0) is 30.9 Å². The molecule has 1 saturated carbocycles. The lowest BCUT2D eigenvalue weighted by molar-refractivity contribution is -0.123. The van der Waals surface area contributed by atoms with E-state index in [1.165, 1.54) is 11.3 Å². The van der Waals surface area contributed by atoms with Crippen molar-refractivity contribution >= 4 is 34.8 Å². The van der Waals surface area contributed by atoms with Crippen molar-refractivity contribution in [1.82, 2.24) is 15.8 Å². The van der Waals surface area contributed by atoms with Crippen molar-refractivity contribution in [2.45, 2.75) is 19.3 Å². The number of nitrogens with zero attached hydrogens (tertiary/aromatic N) is 1. The van der Waals surface area contributed by atoms with Crippen molar-refractivity contribution in [3.63, 3.8) is 0 Å². The molecule has 2 amide bonds. The predicted octanol–water partition coefficient (Wildman–Crippen LogP) is 2.67. The average molecular weight is 336 g/mol. The van der Waals surface area contributed by atoms with Crippen LogP contribution in [0.15, 0.2) is 29.8 Å². The fourth-order valence-corrected chi connectivity index (χ4v) is 3.37.